The van der Waals surface area contributed by atoms with E-state index in [0.717, 1.165) is 28.1 Å². The van der Waals surface area contributed by atoms with Crippen molar-refractivity contribution in [3.63, 3.8) is 0 Å². The normalized spacial score (nSPS) is 18.1. The van der Waals surface area contributed by atoms with E-state index in [1.807, 2.05) is 25.2 Å². The van der Waals surface area contributed by atoms with Crippen molar-refractivity contribution in [2.24, 2.45) is 0 Å². The van der Waals surface area contributed by atoms with Gasteiger partial charge in [-0.25, -0.2) is 9.78 Å². The standard InChI is InChI=1S/C22H25N3OS/c1-22(2)13-12-17(15-8-4-5-9-16(15)22)24-21(26)25(3)14-20-23-18-10-6-7-11-19(18)27-20/h4-11,17H,12-14H2,1-3H3,(H,24,26)/t17-/m1/s1. The van der Waals surface area contributed by atoms with Gasteiger partial charge in [-0.15, -0.1) is 11.3 Å². The number of aromatic nitrogens is 1. The van der Waals surface area contributed by atoms with Crippen LogP contribution in [0.25, 0.3) is 10.2 Å². The quantitative estimate of drug-likeness (QED) is 0.675. The summed E-state index contributed by atoms with van der Waals surface area (Å²) in [6, 6.07) is 16.6. The van der Waals surface area contributed by atoms with Crippen LogP contribution in [0.2, 0.25) is 0 Å². The maximum atomic E-state index is 12.8. The zero-order valence-electron chi connectivity index (χ0n) is 16.0. The Morgan fingerprint density at radius 3 is 2.78 bits per heavy atom. The van der Waals surface area contributed by atoms with E-state index in [2.05, 4.69) is 54.5 Å². The van der Waals surface area contributed by atoms with Crippen molar-refractivity contribution in [2.45, 2.75) is 44.7 Å². The lowest BCUT2D eigenvalue weighted by Gasteiger charge is -2.37. The summed E-state index contributed by atoms with van der Waals surface area (Å²) in [7, 11) is 1.83. The number of rotatable bonds is 3. The maximum Gasteiger partial charge on any atom is 0.318 e. The number of benzene rings is 2. The van der Waals surface area contributed by atoms with E-state index >= 15 is 0 Å². The first-order valence-corrected chi connectivity index (χ1v) is 10.2. The van der Waals surface area contributed by atoms with Gasteiger partial charge in [0.1, 0.15) is 5.01 Å². The Balaban J connectivity index is 1.47. The summed E-state index contributed by atoms with van der Waals surface area (Å²) < 4.78 is 1.16. The topological polar surface area (TPSA) is 45.2 Å². The smallest absolute Gasteiger partial charge is 0.318 e. The summed E-state index contributed by atoms with van der Waals surface area (Å²) in [6.07, 6.45) is 2.03. The average Bonchev–Trinajstić information content (AvgIpc) is 3.06. The van der Waals surface area contributed by atoms with Gasteiger partial charge in [0.25, 0.3) is 0 Å². The maximum absolute atomic E-state index is 12.8. The number of nitrogens with one attached hydrogen (secondary N) is 1. The number of para-hydroxylation sites is 1. The van der Waals surface area contributed by atoms with E-state index in [1.165, 1.54) is 11.1 Å². The third-order valence-electron chi connectivity index (χ3n) is 5.48. The molecular formula is C22H25N3OS. The molecule has 0 spiro atoms. The molecule has 1 aromatic heterocycles. The minimum atomic E-state index is -0.0474. The molecule has 0 saturated carbocycles. The van der Waals surface area contributed by atoms with Crippen LogP contribution >= 0.6 is 11.3 Å². The Kier molecular flexibility index (Phi) is 4.64. The van der Waals surface area contributed by atoms with E-state index in [4.69, 9.17) is 0 Å². The second kappa shape index (κ2) is 6.97. The molecule has 2 amide bonds. The summed E-state index contributed by atoms with van der Waals surface area (Å²) in [6.45, 7) is 5.08. The number of urea groups is 1. The minimum Gasteiger partial charge on any atom is -0.331 e. The van der Waals surface area contributed by atoms with Crippen molar-refractivity contribution in [1.29, 1.82) is 0 Å². The van der Waals surface area contributed by atoms with Gasteiger partial charge < -0.3 is 10.2 Å². The van der Waals surface area contributed by atoms with E-state index in [-0.39, 0.29) is 17.5 Å². The molecule has 27 heavy (non-hydrogen) atoms. The molecule has 4 nitrogen and oxygen atoms in total. The van der Waals surface area contributed by atoms with Crippen LogP contribution in [0.15, 0.2) is 48.5 Å². The predicted molar refractivity (Wildman–Crippen MR) is 111 cm³/mol. The molecule has 140 valence electrons. The van der Waals surface area contributed by atoms with Crippen molar-refractivity contribution in [3.05, 3.63) is 64.7 Å². The largest absolute Gasteiger partial charge is 0.331 e. The van der Waals surface area contributed by atoms with Crippen LogP contribution in [0, 0.1) is 0 Å². The first-order valence-electron chi connectivity index (χ1n) is 9.39. The van der Waals surface area contributed by atoms with Gasteiger partial charge in [0.15, 0.2) is 0 Å². The molecule has 1 aliphatic rings. The average molecular weight is 380 g/mol. The van der Waals surface area contributed by atoms with Crippen LogP contribution in [-0.4, -0.2) is 23.0 Å². The first kappa shape index (κ1) is 18.0. The molecule has 1 atom stereocenters. The van der Waals surface area contributed by atoms with E-state index in [0.29, 0.717) is 6.54 Å². The molecule has 5 heteroatoms. The summed E-state index contributed by atoms with van der Waals surface area (Å²) in [5, 5.41) is 4.19. The van der Waals surface area contributed by atoms with Gasteiger partial charge in [-0.2, -0.15) is 0 Å². The Morgan fingerprint density at radius 2 is 1.96 bits per heavy atom. The molecule has 0 unspecified atom stereocenters. The number of carbonyl (C=O) groups is 1. The molecule has 1 N–H and O–H groups in total. The van der Waals surface area contributed by atoms with Gasteiger partial charge in [-0.3, -0.25) is 0 Å². The number of carbonyl (C=O) groups excluding carboxylic acids is 1. The van der Waals surface area contributed by atoms with Gasteiger partial charge in [0, 0.05) is 7.05 Å². The lowest BCUT2D eigenvalue weighted by molar-refractivity contribution is 0.199. The van der Waals surface area contributed by atoms with Gasteiger partial charge in [-0.1, -0.05) is 50.2 Å². The van der Waals surface area contributed by atoms with Crippen molar-refractivity contribution < 1.29 is 4.79 Å². The van der Waals surface area contributed by atoms with E-state index in [9.17, 15) is 4.79 Å². The summed E-state index contributed by atoms with van der Waals surface area (Å²) in [5.41, 5.74) is 3.74. The van der Waals surface area contributed by atoms with Gasteiger partial charge in [0.2, 0.25) is 0 Å². The monoisotopic (exact) mass is 379 g/mol. The number of hydrogen-bond acceptors (Lipinski definition) is 3. The molecule has 0 bridgehead atoms. The number of nitrogens with zero attached hydrogens (tertiary/aromatic N) is 2. The molecule has 0 fully saturated rings. The summed E-state index contributed by atoms with van der Waals surface area (Å²) in [5.74, 6) is 0. The molecule has 1 aliphatic carbocycles. The zero-order valence-corrected chi connectivity index (χ0v) is 16.8. The fourth-order valence-electron chi connectivity index (χ4n) is 3.88. The van der Waals surface area contributed by atoms with Crippen molar-refractivity contribution in [1.82, 2.24) is 15.2 Å². The minimum absolute atomic E-state index is 0.0474. The van der Waals surface area contributed by atoms with Crippen LogP contribution in [0.5, 0.6) is 0 Å². The van der Waals surface area contributed by atoms with Crippen molar-refractivity contribution >= 4 is 27.6 Å². The van der Waals surface area contributed by atoms with Crippen molar-refractivity contribution in [2.75, 3.05) is 7.05 Å². The highest BCUT2D eigenvalue weighted by Gasteiger charge is 2.33. The first-order chi connectivity index (χ1) is 12.9. The number of hydrogen-bond donors (Lipinski definition) is 1. The molecular weight excluding hydrogens is 354 g/mol. The second-order valence-electron chi connectivity index (χ2n) is 7.94. The van der Waals surface area contributed by atoms with Crippen LogP contribution in [0.4, 0.5) is 4.79 Å². The number of fused-ring (bicyclic) bond motifs is 2. The third-order valence-corrected chi connectivity index (χ3v) is 6.50. The van der Waals surface area contributed by atoms with Crippen LogP contribution in [0.3, 0.4) is 0 Å². The van der Waals surface area contributed by atoms with E-state index in [1.54, 1.807) is 16.2 Å². The lowest BCUT2D eigenvalue weighted by atomic mass is 9.71. The highest BCUT2D eigenvalue weighted by atomic mass is 32.1. The van der Waals surface area contributed by atoms with Crippen LogP contribution in [-0.2, 0) is 12.0 Å². The van der Waals surface area contributed by atoms with Crippen LogP contribution < -0.4 is 5.32 Å². The molecule has 3 aromatic rings. The van der Waals surface area contributed by atoms with E-state index < -0.39 is 0 Å². The van der Waals surface area contributed by atoms with Gasteiger partial charge in [-0.05, 0) is 41.5 Å². The van der Waals surface area contributed by atoms with Gasteiger partial charge in [0.05, 0.1) is 22.8 Å². The van der Waals surface area contributed by atoms with Gasteiger partial charge >= 0.3 is 6.03 Å². The molecule has 4 rings (SSSR count). The molecule has 0 aliphatic heterocycles. The van der Waals surface area contributed by atoms with Crippen molar-refractivity contribution in [3.8, 4) is 0 Å². The zero-order chi connectivity index (χ0) is 19.0. The summed E-state index contributed by atoms with van der Waals surface area (Å²) in [4.78, 5) is 19.1. The fourth-order valence-corrected chi connectivity index (χ4v) is 4.90. The fraction of sp³-hybridized carbons (Fsp3) is 0.364. The lowest BCUT2D eigenvalue weighted by Crippen LogP contribution is -2.41. The molecule has 1 heterocycles. The molecule has 2 aromatic carbocycles. The predicted octanol–water partition coefficient (Wildman–Crippen LogP) is 5.25. The number of thiazole rings is 1. The van der Waals surface area contributed by atoms with Crippen LogP contribution in [0.1, 0.15) is 48.9 Å². The highest BCUT2D eigenvalue weighted by molar-refractivity contribution is 7.18. The third kappa shape index (κ3) is 3.56. The Labute approximate surface area is 164 Å². The molecule has 0 saturated heterocycles. The highest BCUT2D eigenvalue weighted by Crippen LogP contribution is 2.41. The Morgan fingerprint density at radius 1 is 1.22 bits per heavy atom. The molecule has 0 radical (unpaired) electrons. The Bertz CT molecular complexity index is 945. The SMILES string of the molecule is CN(Cc1nc2ccccc2s1)C(=O)N[C@@H]1CCC(C)(C)c2ccccc21. The second-order valence-corrected chi connectivity index (χ2v) is 9.06. The Hall–Kier alpha value is -2.40. The summed E-state index contributed by atoms with van der Waals surface area (Å²) >= 11 is 1.64. The number of amides is 2.